The van der Waals surface area contributed by atoms with Crippen molar-refractivity contribution in [3.05, 3.63) is 11.4 Å². The predicted molar refractivity (Wildman–Crippen MR) is 84.0 cm³/mol. The van der Waals surface area contributed by atoms with E-state index < -0.39 is 0 Å². The van der Waals surface area contributed by atoms with Gasteiger partial charge in [-0.25, -0.2) is 9.97 Å². The van der Waals surface area contributed by atoms with Gasteiger partial charge >= 0.3 is 0 Å². The molecule has 2 heterocycles. The predicted octanol–water partition coefficient (Wildman–Crippen LogP) is 2.39. The molecule has 1 saturated heterocycles. The molecule has 0 spiro atoms. The molecular weight excluding hydrogens is 250 g/mol. The lowest BCUT2D eigenvalue weighted by Crippen LogP contribution is -2.35. The number of rotatable bonds is 5. The number of likely N-dealkylation sites (N-methyl/N-ethyl adjacent to an activating group) is 1. The minimum absolute atomic E-state index is 0.289. The van der Waals surface area contributed by atoms with E-state index in [2.05, 4.69) is 41.0 Å². The average Bonchev–Trinajstić information content (AvgIpc) is 2.87. The van der Waals surface area contributed by atoms with Crippen molar-refractivity contribution in [1.29, 1.82) is 0 Å². The van der Waals surface area contributed by atoms with Gasteiger partial charge in [-0.1, -0.05) is 20.8 Å². The maximum Gasteiger partial charge on any atom is 0.135 e. The third-order valence-corrected chi connectivity index (χ3v) is 4.13. The van der Waals surface area contributed by atoms with Crippen LogP contribution in [0.1, 0.15) is 50.9 Å². The third-order valence-electron chi connectivity index (χ3n) is 4.13. The molecule has 5 nitrogen and oxygen atoms in total. The molecule has 0 aliphatic carbocycles. The van der Waals surface area contributed by atoms with Gasteiger partial charge in [0.2, 0.25) is 0 Å². The van der Waals surface area contributed by atoms with E-state index in [0.29, 0.717) is 11.9 Å². The van der Waals surface area contributed by atoms with Crippen LogP contribution in [0.2, 0.25) is 0 Å². The van der Waals surface area contributed by atoms with Crippen LogP contribution in [0.5, 0.6) is 0 Å². The van der Waals surface area contributed by atoms with Crippen LogP contribution in [0, 0.1) is 6.92 Å². The van der Waals surface area contributed by atoms with Crippen LogP contribution in [0.15, 0.2) is 0 Å². The van der Waals surface area contributed by atoms with E-state index in [1.807, 2.05) is 6.92 Å². The van der Waals surface area contributed by atoms with E-state index in [4.69, 9.17) is 5.73 Å². The molecule has 1 aromatic heterocycles. The summed E-state index contributed by atoms with van der Waals surface area (Å²) in [6.07, 6.45) is 2.56. The first-order valence-corrected chi connectivity index (χ1v) is 7.64. The lowest BCUT2D eigenvalue weighted by Gasteiger charge is -2.23. The Bertz CT molecular complexity index is 458. The summed E-state index contributed by atoms with van der Waals surface area (Å²) in [6, 6.07) is 0.609. The zero-order valence-electron chi connectivity index (χ0n) is 13.1. The molecule has 112 valence electrons. The summed E-state index contributed by atoms with van der Waals surface area (Å²) in [5, 5.41) is 3.48. The molecule has 0 saturated carbocycles. The molecule has 0 aromatic carbocycles. The summed E-state index contributed by atoms with van der Waals surface area (Å²) in [4.78, 5) is 11.5. The van der Waals surface area contributed by atoms with Crippen LogP contribution in [0.3, 0.4) is 0 Å². The number of aromatic nitrogens is 2. The van der Waals surface area contributed by atoms with E-state index in [1.54, 1.807) is 0 Å². The maximum atomic E-state index is 5.99. The van der Waals surface area contributed by atoms with Gasteiger partial charge in [-0.3, -0.25) is 4.90 Å². The zero-order valence-corrected chi connectivity index (χ0v) is 13.1. The van der Waals surface area contributed by atoms with Crippen LogP contribution in [-0.2, 0) is 0 Å². The van der Waals surface area contributed by atoms with Gasteiger partial charge < -0.3 is 11.1 Å². The molecule has 0 radical (unpaired) electrons. The number of nitrogens with zero attached hydrogens (tertiary/aromatic N) is 3. The molecule has 1 aromatic rings. The monoisotopic (exact) mass is 277 g/mol. The van der Waals surface area contributed by atoms with Crippen molar-refractivity contribution in [2.75, 3.05) is 30.7 Å². The highest BCUT2D eigenvalue weighted by Crippen LogP contribution is 2.22. The third kappa shape index (κ3) is 3.20. The van der Waals surface area contributed by atoms with Crippen LogP contribution >= 0.6 is 0 Å². The lowest BCUT2D eigenvalue weighted by molar-refractivity contribution is 0.277. The highest BCUT2D eigenvalue weighted by Gasteiger charge is 2.23. The Hall–Kier alpha value is -1.36. The number of nitrogens with one attached hydrogen (secondary N) is 1. The minimum atomic E-state index is 0.289. The van der Waals surface area contributed by atoms with Crippen molar-refractivity contribution in [1.82, 2.24) is 14.9 Å². The topological polar surface area (TPSA) is 67.1 Å². The average molecular weight is 277 g/mol. The van der Waals surface area contributed by atoms with Gasteiger partial charge in [0.05, 0.1) is 0 Å². The molecule has 0 bridgehead atoms. The molecule has 1 unspecified atom stereocenters. The quantitative estimate of drug-likeness (QED) is 0.865. The highest BCUT2D eigenvalue weighted by atomic mass is 15.2. The molecule has 5 heteroatoms. The van der Waals surface area contributed by atoms with E-state index in [-0.39, 0.29) is 5.92 Å². The Morgan fingerprint density at radius 2 is 2.15 bits per heavy atom. The number of anilines is 2. The summed E-state index contributed by atoms with van der Waals surface area (Å²) in [5.41, 5.74) is 6.95. The molecule has 1 atom stereocenters. The molecule has 0 amide bonds. The van der Waals surface area contributed by atoms with Gasteiger partial charge in [0, 0.05) is 24.1 Å². The number of hydrogen-bond acceptors (Lipinski definition) is 5. The van der Waals surface area contributed by atoms with Crippen molar-refractivity contribution in [2.45, 2.75) is 52.5 Å². The van der Waals surface area contributed by atoms with Crippen LogP contribution < -0.4 is 11.1 Å². The number of nitrogen functional groups attached to an aromatic ring is 1. The molecule has 1 aliphatic rings. The Kier molecular flexibility index (Phi) is 4.81. The highest BCUT2D eigenvalue weighted by molar-refractivity contribution is 5.55. The van der Waals surface area contributed by atoms with Crippen molar-refractivity contribution in [3.8, 4) is 0 Å². The van der Waals surface area contributed by atoms with Gasteiger partial charge in [-0.15, -0.1) is 0 Å². The van der Waals surface area contributed by atoms with Crippen LogP contribution in [0.4, 0.5) is 11.6 Å². The zero-order chi connectivity index (χ0) is 14.7. The first-order valence-electron chi connectivity index (χ1n) is 7.64. The fraction of sp³-hybridized carbons (Fsp3) is 0.733. The van der Waals surface area contributed by atoms with E-state index in [1.165, 1.54) is 19.4 Å². The van der Waals surface area contributed by atoms with Crippen molar-refractivity contribution >= 4 is 11.6 Å². The summed E-state index contributed by atoms with van der Waals surface area (Å²) < 4.78 is 0. The fourth-order valence-corrected chi connectivity index (χ4v) is 2.74. The fourth-order valence-electron chi connectivity index (χ4n) is 2.74. The van der Waals surface area contributed by atoms with Crippen LogP contribution in [-0.4, -0.2) is 40.5 Å². The summed E-state index contributed by atoms with van der Waals surface area (Å²) >= 11 is 0. The SMILES string of the molecule is CCN1CCCC1CNc1nc(C(C)C)nc(N)c1C. The molecule has 20 heavy (non-hydrogen) atoms. The number of nitrogens with two attached hydrogens (primary N) is 1. The maximum absolute atomic E-state index is 5.99. The second kappa shape index (κ2) is 6.39. The first-order chi connectivity index (χ1) is 9.52. The minimum Gasteiger partial charge on any atom is -0.383 e. The Morgan fingerprint density at radius 1 is 1.40 bits per heavy atom. The Balaban J connectivity index is 2.08. The Labute approximate surface area is 122 Å². The van der Waals surface area contributed by atoms with Crippen molar-refractivity contribution in [3.63, 3.8) is 0 Å². The van der Waals surface area contributed by atoms with Gasteiger partial charge in [-0.05, 0) is 32.9 Å². The van der Waals surface area contributed by atoms with E-state index >= 15 is 0 Å². The largest absolute Gasteiger partial charge is 0.383 e. The standard InChI is InChI=1S/C15H27N5/c1-5-20-8-6-7-12(20)9-17-15-11(4)13(16)18-14(19-15)10(2)3/h10,12H,5-9H2,1-4H3,(H3,16,17,18,19). The molecule has 3 N–H and O–H groups in total. The summed E-state index contributed by atoms with van der Waals surface area (Å²) in [7, 11) is 0. The van der Waals surface area contributed by atoms with Gasteiger partial charge in [0.25, 0.3) is 0 Å². The lowest BCUT2D eigenvalue weighted by atomic mass is 10.2. The second-order valence-electron chi connectivity index (χ2n) is 5.90. The first kappa shape index (κ1) is 15.0. The molecule has 2 rings (SSSR count). The second-order valence-corrected chi connectivity index (χ2v) is 5.90. The number of hydrogen-bond donors (Lipinski definition) is 2. The van der Waals surface area contributed by atoms with Crippen molar-refractivity contribution in [2.24, 2.45) is 0 Å². The van der Waals surface area contributed by atoms with Gasteiger partial charge in [-0.2, -0.15) is 0 Å². The molecule has 1 fully saturated rings. The summed E-state index contributed by atoms with van der Waals surface area (Å²) in [6.45, 7) is 11.6. The van der Waals surface area contributed by atoms with E-state index in [0.717, 1.165) is 30.3 Å². The van der Waals surface area contributed by atoms with Crippen LogP contribution in [0.25, 0.3) is 0 Å². The van der Waals surface area contributed by atoms with Gasteiger partial charge in [0.15, 0.2) is 0 Å². The molecular formula is C15H27N5. The normalized spacial score (nSPS) is 19.8. The smallest absolute Gasteiger partial charge is 0.135 e. The number of likely N-dealkylation sites (tertiary alicyclic amines) is 1. The van der Waals surface area contributed by atoms with E-state index in [9.17, 15) is 0 Å². The summed E-state index contributed by atoms with van der Waals surface area (Å²) in [5.74, 6) is 2.58. The Morgan fingerprint density at radius 3 is 2.80 bits per heavy atom. The van der Waals surface area contributed by atoms with Crippen molar-refractivity contribution < 1.29 is 0 Å². The molecule has 1 aliphatic heterocycles. The van der Waals surface area contributed by atoms with Gasteiger partial charge in [0.1, 0.15) is 17.5 Å².